The fraction of sp³-hybridized carbons (Fsp3) is 0.438. The van der Waals surface area contributed by atoms with Gasteiger partial charge in [0.25, 0.3) is 0 Å². The normalized spacial score (nSPS) is 19.8. The van der Waals surface area contributed by atoms with Crippen molar-refractivity contribution in [3.63, 3.8) is 0 Å². The van der Waals surface area contributed by atoms with Crippen LogP contribution in [0.5, 0.6) is 0 Å². The Hall–Kier alpha value is -1.57. The van der Waals surface area contributed by atoms with Crippen molar-refractivity contribution in [3.05, 3.63) is 47.7 Å². The van der Waals surface area contributed by atoms with Gasteiger partial charge in [0.1, 0.15) is 5.76 Å². The number of ketones is 1. The molecule has 1 atom stereocenters. The van der Waals surface area contributed by atoms with E-state index in [4.69, 9.17) is 4.74 Å². The van der Waals surface area contributed by atoms with E-state index in [1.54, 1.807) is 6.08 Å². The van der Waals surface area contributed by atoms with Crippen molar-refractivity contribution < 1.29 is 9.53 Å². The van der Waals surface area contributed by atoms with E-state index < -0.39 is 0 Å². The van der Waals surface area contributed by atoms with Crippen molar-refractivity contribution in [1.82, 2.24) is 0 Å². The monoisotopic (exact) mass is 244 g/mol. The Bertz CT molecular complexity index is 432. The summed E-state index contributed by atoms with van der Waals surface area (Å²) in [5, 5.41) is 0. The number of rotatable bonds is 4. The molecule has 0 fully saturated rings. The van der Waals surface area contributed by atoms with Gasteiger partial charge in [-0.3, -0.25) is 4.79 Å². The second-order valence-electron chi connectivity index (χ2n) is 5.30. The van der Waals surface area contributed by atoms with Crippen LogP contribution in [0.2, 0.25) is 0 Å². The molecule has 0 N–H and O–H groups in total. The fourth-order valence-corrected chi connectivity index (χ4v) is 2.19. The van der Waals surface area contributed by atoms with E-state index in [1.165, 1.54) is 5.56 Å². The molecule has 0 aliphatic heterocycles. The zero-order valence-electron chi connectivity index (χ0n) is 11.1. The molecule has 0 radical (unpaired) electrons. The van der Waals surface area contributed by atoms with Gasteiger partial charge in [-0.15, -0.1) is 0 Å². The Kier molecular flexibility index (Phi) is 4.19. The molecular weight excluding hydrogens is 224 g/mol. The molecule has 0 spiro atoms. The first-order chi connectivity index (χ1) is 8.65. The standard InChI is InChI=1S/C16H20O2/c1-12(2)11-18-16-9-14(8-15(17)10-16)13-6-4-3-5-7-13/h3-7,10,12,14H,8-9,11H2,1-2H3. The van der Waals surface area contributed by atoms with E-state index in [0.29, 0.717) is 18.9 Å². The largest absolute Gasteiger partial charge is 0.498 e. The third-order valence-electron chi connectivity index (χ3n) is 3.09. The smallest absolute Gasteiger partial charge is 0.159 e. The summed E-state index contributed by atoms with van der Waals surface area (Å²) in [6.07, 6.45) is 3.10. The topological polar surface area (TPSA) is 26.3 Å². The van der Waals surface area contributed by atoms with E-state index in [-0.39, 0.29) is 11.7 Å². The molecule has 96 valence electrons. The summed E-state index contributed by atoms with van der Waals surface area (Å²) in [4.78, 5) is 11.7. The highest BCUT2D eigenvalue weighted by Gasteiger charge is 2.23. The SMILES string of the molecule is CC(C)COC1=CC(=O)CC(c2ccccc2)C1. The molecule has 1 aliphatic carbocycles. The van der Waals surface area contributed by atoms with Gasteiger partial charge in [0, 0.05) is 18.9 Å². The summed E-state index contributed by atoms with van der Waals surface area (Å²) in [6.45, 7) is 4.90. The van der Waals surface area contributed by atoms with Gasteiger partial charge in [0.05, 0.1) is 6.61 Å². The number of benzene rings is 1. The van der Waals surface area contributed by atoms with Gasteiger partial charge >= 0.3 is 0 Å². The quantitative estimate of drug-likeness (QED) is 0.807. The summed E-state index contributed by atoms with van der Waals surface area (Å²) in [5.74, 6) is 1.77. The molecular formula is C16H20O2. The minimum Gasteiger partial charge on any atom is -0.498 e. The first-order valence-corrected chi connectivity index (χ1v) is 6.56. The first-order valence-electron chi connectivity index (χ1n) is 6.56. The van der Waals surface area contributed by atoms with Crippen LogP contribution in [0.25, 0.3) is 0 Å². The van der Waals surface area contributed by atoms with E-state index in [9.17, 15) is 4.79 Å². The second kappa shape index (κ2) is 5.85. The fourth-order valence-electron chi connectivity index (χ4n) is 2.19. The molecule has 2 rings (SSSR count). The molecule has 0 amide bonds. The molecule has 2 nitrogen and oxygen atoms in total. The third kappa shape index (κ3) is 3.46. The number of carbonyl (C=O) groups excluding carboxylic acids is 1. The van der Waals surface area contributed by atoms with Gasteiger partial charge in [0.15, 0.2) is 5.78 Å². The highest BCUT2D eigenvalue weighted by Crippen LogP contribution is 2.31. The summed E-state index contributed by atoms with van der Waals surface area (Å²) in [5.41, 5.74) is 1.23. The zero-order valence-corrected chi connectivity index (χ0v) is 11.1. The Balaban J connectivity index is 2.05. The predicted octanol–water partition coefficient (Wildman–Crippen LogP) is 3.69. The van der Waals surface area contributed by atoms with E-state index in [2.05, 4.69) is 26.0 Å². The Morgan fingerprint density at radius 3 is 2.61 bits per heavy atom. The van der Waals surface area contributed by atoms with Crippen molar-refractivity contribution in [2.24, 2.45) is 5.92 Å². The van der Waals surface area contributed by atoms with Gasteiger partial charge < -0.3 is 4.74 Å². The predicted molar refractivity (Wildman–Crippen MR) is 72.3 cm³/mol. The van der Waals surface area contributed by atoms with Crippen LogP contribution in [-0.4, -0.2) is 12.4 Å². The third-order valence-corrected chi connectivity index (χ3v) is 3.09. The van der Waals surface area contributed by atoms with Crippen molar-refractivity contribution in [1.29, 1.82) is 0 Å². The molecule has 1 aromatic carbocycles. The summed E-state index contributed by atoms with van der Waals surface area (Å²) in [6, 6.07) is 10.2. The molecule has 1 unspecified atom stereocenters. The molecule has 0 bridgehead atoms. The molecule has 1 aromatic rings. The van der Waals surface area contributed by atoms with Crippen LogP contribution < -0.4 is 0 Å². The van der Waals surface area contributed by atoms with Gasteiger partial charge in [-0.2, -0.15) is 0 Å². The Morgan fingerprint density at radius 1 is 1.22 bits per heavy atom. The maximum Gasteiger partial charge on any atom is 0.159 e. The van der Waals surface area contributed by atoms with Crippen LogP contribution in [-0.2, 0) is 9.53 Å². The number of allylic oxidation sites excluding steroid dienone is 2. The number of ether oxygens (including phenoxy) is 1. The first kappa shape index (κ1) is 12.9. The van der Waals surface area contributed by atoms with Crippen molar-refractivity contribution >= 4 is 5.78 Å². The summed E-state index contributed by atoms with van der Waals surface area (Å²) >= 11 is 0. The van der Waals surface area contributed by atoms with E-state index in [0.717, 1.165) is 12.2 Å². The highest BCUT2D eigenvalue weighted by atomic mass is 16.5. The molecule has 0 saturated carbocycles. The van der Waals surface area contributed by atoms with Gasteiger partial charge in [-0.1, -0.05) is 44.2 Å². The van der Waals surface area contributed by atoms with Crippen LogP contribution >= 0.6 is 0 Å². The van der Waals surface area contributed by atoms with E-state index in [1.807, 2.05) is 18.2 Å². The highest BCUT2D eigenvalue weighted by molar-refractivity contribution is 5.91. The van der Waals surface area contributed by atoms with Gasteiger partial charge in [0.2, 0.25) is 0 Å². The van der Waals surface area contributed by atoms with Crippen LogP contribution in [0, 0.1) is 5.92 Å². The minimum atomic E-state index is 0.175. The Labute approximate surface area is 109 Å². The van der Waals surface area contributed by atoms with Crippen LogP contribution in [0.4, 0.5) is 0 Å². The second-order valence-corrected chi connectivity index (χ2v) is 5.30. The lowest BCUT2D eigenvalue weighted by Crippen LogP contribution is -2.15. The van der Waals surface area contributed by atoms with Crippen LogP contribution in [0.15, 0.2) is 42.2 Å². The molecule has 0 aromatic heterocycles. The maximum atomic E-state index is 11.7. The average molecular weight is 244 g/mol. The average Bonchev–Trinajstić information content (AvgIpc) is 2.37. The van der Waals surface area contributed by atoms with E-state index >= 15 is 0 Å². The lowest BCUT2D eigenvalue weighted by molar-refractivity contribution is -0.115. The van der Waals surface area contributed by atoms with Gasteiger partial charge in [-0.25, -0.2) is 0 Å². The van der Waals surface area contributed by atoms with Gasteiger partial charge in [-0.05, 0) is 17.4 Å². The lowest BCUT2D eigenvalue weighted by atomic mass is 9.86. The lowest BCUT2D eigenvalue weighted by Gasteiger charge is -2.23. The molecule has 1 aliphatic rings. The van der Waals surface area contributed by atoms with Crippen LogP contribution in [0.1, 0.15) is 38.2 Å². The zero-order chi connectivity index (χ0) is 13.0. The van der Waals surface area contributed by atoms with Crippen molar-refractivity contribution in [2.75, 3.05) is 6.61 Å². The van der Waals surface area contributed by atoms with Crippen molar-refractivity contribution in [3.8, 4) is 0 Å². The number of hydrogen-bond acceptors (Lipinski definition) is 2. The van der Waals surface area contributed by atoms with Crippen molar-refractivity contribution in [2.45, 2.75) is 32.6 Å². The van der Waals surface area contributed by atoms with Crippen LogP contribution in [0.3, 0.4) is 0 Å². The maximum absolute atomic E-state index is 11.7. The summed E-state index contributed by atoms with van der Waals surface area (Å²) in [7, 11) is 0. The number of carbonyl (C=O) groups is 1. The Morgan fingerprint density at radius 2 is 1.94 bits per heavy atom. The molecule has 2 heteroatoms. The number of hydrogen-bond donors (Lipinski definition) is 0. The minimum absolute atomic E-state index is 0.175. The molecule has 0 saturated heterocycles. The molecule has 0 heterocycles. The summed E-state index contributed by atoms with van der Waals surface area (Å²) < 4.78 is 5.71. The molecule has 18 heavy (non-hydrogen) atoms.